The van der Waals surface area contributed by atoms with Gasteiger partial charge in [-0.25, -0.2) is 0 Å². The first kappa shape index (κ1) is 13.7. The molecule has 2 saturated heterocycles. The molecule has 0 aromatic rings. The van der Waals surface area contributed by atoms with E-state index in [2.05, 4.69) is 0 Å². The van der Waals surface area contributed by atoms with Crippen molar-refractivity contribution in [2.75, 3.05) is 33.0 Å². The zero-order valence-electron chi connectivity index (χ0n) is 10.5. The predicted molar refractivity (Wildman–Crippen MR) is 60.8 cm³/mol. The highest BCUT2D eigenvalue weighted by molar-refractivity contribution is 4.72. The number of nitrogens with zero attached hydrogens (tertiary/aromatic N) is 1. The second-order valence-corrected chi connectivity index (χ2v) is 4.43. The molecule has 2 aliphatic heterocycles. The lowest BCUT2D eigenvalue weighted by molar-refractivity contribution is -0.205. The summed E-state index contributed by atoms with van der Waals surface area (Å²) in [6.07, 6.45) is 0.112. The monoisotopic (exact) mass is 257 g/mol. The average Bonchev–Trinajstić information content (AvgIpc) is 3.24. The van der Waals surface area contributed by atoms with Gasteiger partial charge in [0.2, 0.25) is 0 Å². The van der Waals surface area contributed by atoms with Gasteiger partial charge in [-0.1, -0.05) is 0 Å². The summed E-state index contributed by atoms with van der Waals surface area (Å²) in [5, 5.41) is 8.46. The van der Waals surface area contributed by atoms with Gasteiger partial charge in [0.25, 0.3) is 0 Å². The van der Waals surface area contributed by atoms with E-state index in [4.69, 9.17) is 28.9 Å². The second kappa shape index (κ2) is 7.02. The van der Waals surface area contributed by atoms with Crippen LogP contribution in [0.15, 0.2) is 0 Å². The van der Waals surface area contributed by atoms with Crippen molar-refractivity contribution in [2.45, 2.75) is 37.9 Å². The molecule has 2 fully saturated rings. The lowest BCUT2D eigenvalue weighted by Gasteiger charge is -2.24. The summed E-state index contributed by atoms with van der Waals surface area (Å²) < 4.78 is 26.9. The molecule has 0 aromatic carbocycles. The fourth-order valence-electron chi connectivity index (χ4n) is 1.42. The van der Waals surface area contributed by atoms with Crippen LogP contribution in [0, 0.1) is 11.3 Å². The molecule has 0 aliphatic carbocycles. The number of nitriles is 1. The minimum atomic E-state index is -0.433. The summed E-state index contributed by atoms with van der Waals surface area (Å²) in [6, 6.07) is 2.04. The Balaban J connectivity index is 1.67. The summed E-state index contributed by atoms with van der Waals surface area (Å²) in [5.41, 5.74) is 0. The van der Waals surface area contributed by atoms with E-state index in [1.807, 2.05) is 13.0 Å². The van der Waals surface area contributed by atoms with Crippen LogP contribution in [0.5, 0.6) is 0 Å². The standard InChI is InChI=1S/C12H19NO5/c1-9(14-4-2-3-13)12(17-7-10-5-15-10)18-8-11-6-16-11/h9-12H,2,4-8H2,1H3. The number of ether oxygens (including phenoxy) is 5. The van der Waals surface area contributed by atoms with Crippen LogP contribution in [0.4, 0.5) is 0 Å². The highest BCUT2D eigenvalue weighted by Gasteiger charge is 2.30. The Kier molecular flexibility index (Phi) is 5.35. The maximum Gasteiger partial charge on any atom is 0.183 e. The molecule has 0 radical (unpaired) electrons. The Morgan fingerprint density at radius 3 is 2.17 bits per heavy atom. The lowest BCUT2D eigenvalue weighted by atomic mass is 10.3. The summed E-state index contributed by atoms with van der Waals surface area (Å²) in [4.78, 5) is 0. The molecule has 3 unspecified atom stereocenters. The van der Waals surface area contributed by atoms with Crippen LogP contribution in [-0.4, -0.2) is 57.6 Å². The number of hydrogen-bond donors (Lipinski definition) is 0. The first-order valence-electron chi connectivity index (χ1n) is 6.24. The third kappa shape index (κ3) is 5.29. The van der Waals surface area contributed by atoms with Gasteiger partial charge in [0.15, 0.2) is 6.29 Å². The second-order valence-electron chi connectivity index (χ2n) is 4.43. The van der Waals surface area contributed by atoms with Gasteiger partial charge in [0, 0.05) is 0 Å². The molecule has 6 heteroatoms. The highest BCUT2D eigenvalue weighted by atomic mass is 16.7. The molecule has 0 saturated carbocycles. The number of epoxide rings is 2. The third-order valence-electron chi connectivity index (χ3n) is 2.68. The molecule has 0 N–H and O–H groups in total. The number of hydrogen-bond acceptors (Lipinski definition) is 6. The molecular formula is C12H19NO5. The lowest BCUT2D eigenvalue weighted by Crippen LogP contribution is -2.34. The van der Waals surface area contributed by atoms with Crippen molar-refractivity contribution in [3.8, 4) is 6.07 Å². The predicted octanol–water partition coefficient (Wildman–Crippen LogP) is 0.462. The third-order valence-corrected chi connectivity index (χ3v) is 2.68. The zero-order valence-corrected chi connectivity index (χ0v) is 10.5. The molecule has 0 aromatic heterocycles. The van der Waals surface area contributed by atoms with Crippen molar-refractivity contribution in [3.05, 3.63) is 0 Å². The quantitative estimate of drug-likeness (QED) is 0.321. The van der Waals surface area contributed by atoms with Crippen molar-refractivity contribution in [3.63, 3.8) is 0 Å². The molecule has 6 nitrogen and oxygen atoms in total. The van der Waals surface area contributed by atoms with Crippen LogP contribution in [0.1, 0.15) is 13.3 Å². The van der Waals surface area contributed by atoms with Crippen LogP contribution >= 0.6 is 0 Å². The summed E-state index contributed by atoms with van der Waals surface area (Å²) >= 11 is 0. The molecule has 0 amide bonds. The van der Waals surface area contributed by atoms with Gasteiger partial charge in [-0.15, -0.1) is 0 Å². The largest absolute Gasteiger partial charge is 0.372 e. The molecule has 3 atom stereocenters. The summed E-state index contributed by atoms with van der Waals surface area (Å²) in [6.45, 7) is 4.80. The zero-order chi connectivity index (χ0) is 12.8. The van der Waals surface area contributed by atoms with Gasteiger partial charge in [-0.3, -0.25) is 0 Å². The molecule has 102 valence electrons. The van der Waals surface area contributed by atoms with E-state index in [1.54, 1.807) is 0 Å². The average molecular weight is 257 g/mol. The van der Waals surface area contributed by atoms with Crippen LogP contribution < -0.4 is 0 Å². The van der Waals surface area contributed by atoms with E-state index in [0.29, 0.717) is 26.2 Å². The number of rotatable bonds is 10. The Hall–Kier alpha value is -0.710. The smallest absolute Gasteiger partial charge is 0.183 e. The molecule has 0 spiro atoms. The van der Waals surface area contributed by atoms with Crippen LogP contribution in [0.25, 0.3) is 0 Å². The van der Waals surface area contributed by atoms with E-state index < -0.39 is 6.29 Å². The van der Waals surface area contributed by atoms with E-state index in [1.165, 1.54) is 0 Å². The Morgan fingerprint density at radius 2 is 1.72 bits per heavy atom. The Bertz CT molecular complexity index is 269. The summed E-state index contributed by atoms with van der Waals surface area (Å²) in [5.74, 6) is 0. The molecule has 2 rings (SSSR count). The van der Waals surface area contributed by atoms with Gasteiger partial charge in [0.05, 0.1) is 45.5 Å². The van der Waals surface area contributed by atoms with Gasteiger partial charge in [-0.05, 0) is 6.92 Å². The molecule has 2 heterocycles. The Labute approximate surface area is 107 Å². The minimum absolute atomic E-state index is 0.194. The van der Waals surface area contributed by atoms with Gasteiger partial charge in [0.1, 0.15) is 18.3 Å². The molecule has 0 bridgehead atoms. The SMILES string of the molecule is CC(OCCC#N)C(OCC1CO1)OCC1CO1. The summed E-state index contributed by atoms with van der Waals surface area (Å²) in [7, 11) is 0. The maximum atomic E-state index is 8.46. The van der Waals surface area contributed by atoms with Gasteiger partial charge < -0.3 is 23.7 Å². The van der Waals surface area contributed by atoms with Crippen molar-refractivity contribution in [1.29, 1.82) is 5.26 Å². The first-order valence-corrected chi connectivity index (χ1v) is 6.24. The van der Waals surface area contributed by atoms with Gasteiger partial charge >= 0.3 is 0 Å². The van der Waals surface area contributed by atoms with Crippen molar-refractivity contribution in [2.24, 2.45) is 0 Å². The first-order chi connectivity index (χ1) is 8.79. The van der Waals surface area contributed by atoms with Crippen LogP contribution in [0.2, 0.25) is 0 Å². The van der Waals surface area contributed by atoms with Gasteiger partial charge in [-0.2, -0.15) is 5.26 Å². The minimum Gasteiger partial charge on any atom is -0.372 e. The van der Waals surface area contributed by atoms with Crippen molar-refractivity contribution >= 4 is 0 Å². The van der Waals surface area contributed by atoms with E-state index in [-0.39, 0.29) is 18.3 Å². The van der Waals surface area contributed by atoms with Crippen LogP contribution in [-0.2, 0) is 23.7 Å². The fourth-order valence-corrected chi connectivity index (χ4v) is 1.42. The maximum absolute atomic E-state index is 8.46. The van der Waals surface area contributed by atoms with Crippen LogP contribution in [0.3, 0.4) is 0 Å². The normalized spacial score (nSPS) is 28.4. The Morgan fingerprint density at radius 1 is 1.17 bits per heavy atom. The van der Waals surface area contributed by atoms with E-state index in [9.17, 15) is 0 Å². The molecular weight excluding hydrogens is 238 g/mol. The van der Waals surface area contributed by atoms with E-state index >= 15 is 0 Å². The highest BCUT2D eigenvalue weighted by Crippen LogP contribution is 2.16. The molecule has 18 heavy (non-hydrogen) atoms. The topological polar surface area (TPSA) is 76.5 Å². The van der Waals surface area contributed by atoms with Crippen molar-refractivity contribution in [1.82, 2.24) is 0 Å². The van der Waals surface area contributed by atoms with Crippen molar-refractivity contribution < 1.29 is 23.7 Å². The fraction of sp³-hybridized carbons (Fsp3) is 0.917. The molecule has 2 aliphatic rings. The van der Waals surface area contributed by atoms with E-state index in [0.717, 1.165) is 13.2 Å².